The predicted octanol–water partition coefficient (Wildman–Crippen LogP) is 3.49. The van der Waals surface area contributed by atoms with Gasteiger partial charge in [0.1, 0.15) is 0 Å². The summed E-state index contributed by atoms with van der Waals surface area (Å²) in [5, 5.41) is 0. The minimum absolute atomic E-state index is 0.224. The fourth-order valence-electron chi connectivity index (χ4n) is 2.52. The van der Waals surface area contributed by atoms with Gasteiger partial charge in [-0.15, -0.1) is 0 Å². The molecule has 3 aromatic rings. The van der Waals surface area contributed by atoms with Crippen LogP contribution in [0.1, 0.15) is 15.9 Å². The van der Waals surface area contributed by atoms with Crippen molar-refractivity contribution in [3.63, 3.8) is 0 Å². The smallest absolute Gasteiger partial charge is 0.337 e. The average molecular weight is 355 g/mol. The summed E-state index contributed by atoms with van der Waals surface area (Å²) in [4.78, 5) is 11.8. The van der Waals surface area contributed by atoms with Gasteiger partial charge in [-0.3, -0.25) is 0 Å². The fraction of sp³-hybridized carbons (Fsp3) is 0.105. The number of carbonyl (C=O) groups excluding carboxylic acids is 1. The van der Waals surface area contributed by atoms with Gasteiger partial charge < -0.3 is 4.74 Å². The van der Waals surface area contributed by atoms with Gasteiger partial charge in [0.15, 0.2) is 0 Å². The molecular formula is C19H17NO4S. The van der Waals surface area contributed by atoms with Crippen molar-refractivity contribution >= 4 is 16.0 Å². The monoisotopic (exact) mass is 355 g/mol. The highest BCUT2D eigenvalue weighted by Crippen LogP contribution is 2.25. The van der Waals surface area contributed by atoms with E-state index in [9.17, 15) is 13.2 Å². The first-order chi connectivity index (χ1) is 11.9. The Morgan fingerprint density at radius 1 is 0.960 bits per heavy atom. The van der Waals surface area contributed by atoms with Crippen LogP contribution in [0.15, 0.2) is 71.8 Å². The van der Waals surface area contributed by atoms with E-state index in [2.05, 4.69) is 4.74 Å². The lowest BCUT2D eigenvalue weighted by atomic mass is 10.1. The van der Waals surface area contributed by atoms with E-state index in [1.54, 1.807) is 60.7 Å². The summed E-state index contributed by atoms with van der Waals surface area (Å²) < 4.78 is 31.7. The molecule has 0 unspecified atom stereocenters. The Morgan fingerprint density at radius 2 is 1.60 bits per heavy atom. The van der Waals surface area contributed by atoms with Crippen molar-refractivity contribution in [2.24, 2.45) is 0 Å². The first-order valence-corrected chi connectivity index (χ1v) is 9.06. The Bertz CT molecular complexity index is 1000. The number of rotatable bonds is 4. The number of aryl methyl sites for hydroxylation is 1. The first kappa shape index (κ1) is 17.0. The van der Waals surface area contributed by atoms with Crippen LogP contribution in [0.25, 0.3) is 11.3 Å². The molecule has 0 aliphatic rings. The maximum absolute atomic E-state index is 12.9. The molecule has 0 N–H and O–H groups in total. The lowest BCUT2D eigenvalue weighted by Crippen LogP contribution is -2.13. The summed E-state index contributed by atoms with van der Waals surface area (Å²) >= 11 is 0. The van der Waals surface area contributed by atoms with Crippen molar-refractivity contribution in [1.29, 1.82) is 0 Å². The molecule has 0 amide bonds. The molecule has 0 spiro atoms. The standard InChI is InChI=1S/C19H17NO4S/c1-14-5-11-17(12-6-14)25(22,23)20-13-3-4-18(20)15-7-9-16(10-8-15)19(21)24-2/h3-13H,1-2H3. The lowest BCUT2D eigenvalue weighted by molar-refractivity contribution is 0.0600. The molecule has 6 heteroatoms. The normalized spacial score (nSPS) is 11.3. The van der Waals surface area contributed by atoms with E-state index in [0.717, 1.165) is 5.56 Å². The summed E-state index contributed by atoms with van der Waals surface area (Å²) in [7, 11) is -2.38. The number of ether oxygens (including phenoxy) is 1. The zero-order valence-electron chi connectivity index (χ0n) is 13.8. The van der Waals surface area contributed by atoms with E-state index in [-0.39, 0.29) is 4.90 Å². The zero-order valence-corrected chi connectivity index (χ0v) is 14.7. The van der Waals surface area contributed by atoms with Gasteiger partial charge in [0.05, 0.1) is 23.3 Å². The van der Waals surface area contributed by atoms with Crippen LogP contribution >= 0.6 is 0 Å². The SMILES string of the molecule is COC(=O)c1ccc(-c2cccn2S(=O)(=O)c2ccc(C)cc2)cc1. The van der Waals surface area contributed by atoms with Crippen LogP contribution in [0.3, 0.4) is 0 Å². The Labute approximate surface area is 146 Å². The minimum Gasteiger partial charge on any atom is -0.465 e. The number of nitrogens with zero attached hydrogens (tertiary/aromatic N) is 1. The third-order valence-electron chi connectivity index (χ3n) is 3.89. The van der Waals surface area contributed by atoms with Gasteiger partial charge in [0.2, 0.25) is 0 Å². The Morgan fingerprint density at radius 3 is 2.20 bits per heavy atom. The fourth-order valence-corrected chi connectivity index (χ4v) is 3.88. The molecule has 0 radical (unpaired) electrons. The molecule has 5 nitrogen and oxygen atoms in total. The molecule has 0 fully saturated rings. The van der Waals surface area contributed by atoms with E-state index in [1.165, 1.54) is 17.3 Å². The van der Waals surface area contributed by atoms with E-state index >= 15 is 0 Å². The molecule has 0 bridgehead atoms. The number of aromatic nitrogens is 1. The molecule has 0 aliphatic carbocycles. The van der Waals surface area contributed by atoms with Gasteiger partial charge in [0.25, 0.3) is 10.0 Å². The van der Waals surface area contributed by atoms with Crippen LogP contribution < -0.4 is 0 Å². The van der Waals surface area contributed by atoms with Crippen molar-refractivity contribution in [2.75, 3.05) is 7.11 Å². The van der Waals surface area contributed by atoms with Crippen LogP contribution in [0, 0.1) is 6.92 Å². The highest BCUT2D eigenvalue weighted by Gasteiger charge is 2.20. The topological polar surface area (TPSA) is 65.4 Å². The average Bonchev–Trinajstić information content (AvgIpc) is 3.12. The van der Waals surface area contributed by atoms with Crippen LogP contribution in [0.2, 0.25) is 0 Å². The van der Waals surface area contributed by atoms with Crippen molar-refractivity contribution in [2.45, 2.75) is 11.8 Å². The number of hydrogen-bond donors (Lipinski definition) is 0. The van der Waals surface area contributed by atoms with E-state index < -0.39 is 16.0 Å². The highest BCUT2D eigenvalue weighted by molar-refractivity contribution is 7.90. The summed E-state index contributed by atoms with van der Waals surface area (Å²) in [6.45, 7) is 1.90. The maximum atomic E-state index is 12.9. The van der Waals surface area contributed by atoms with Crippen molar-refractivity contribution < 1.29 is 17.9 Å². The third-order valence-corrected chi connectivity index (χ3v) is 5.60. The van der Waals surface area contributed by atoms with Crippen molar-refractivity contribution in [3.8, 4) is 11.3 Å². The van der Waals surface area contributed by atoms with Gasteiger partial charge in [0, 0.05) is 6.20 Å². The van der Waals surface area contributed by atoms with Gasteiger partial charge >= 0.3 is 5.97 Å². The molecule has 128 valence electrons. The molecule has 2 aromatic carbocycles. The zero-order chi connectivity index (χ0) is 18.0. The van der Waals surface area contributed by atoms with E-state index in [0.29, 0.717) is 16.8 Å². The van der Waals surface area contributed by atoms with Gasteiger partial charge in [-0.2, -0.15) is 0 Å². The van der Waals surface area contributed by atoms with Crippen LogP contribution in [0.5, 0.6) is 0 Å². The van der Waals surface area contributed by atoms with Crippen LogP contribution in [-0.4, -0.2) is 25.5 Å². The molecule has 1 aromatic heterocycles. The molecule has 3 rings (SSSR count). The molecule has 0 saturated carbocycles. The molecule has 1 heterocycles. The Kier molecular flexibility index (Phi) is 4.46. The number of carbonyl (C=O) groups is 1. The van der Waals surface area contributed by atoms with E-state index in [1.807, 2.05) is 6.92 Å². The second-order valence-corrected chi connectivity index (χ2v) is 7.39. The quantitative estimate of drug-likeness (QED) is 0.672. The van der Waals surface area contributed by atoms with Gasteiger partial charge in [-0.25, -0.2) is 17.2 Å². The first-order valence-electron chi connectivity index (χ1n) is 7.62. The summed E-state index contributed by atoms with van der Waals surface area (Å²) in [6, 6.07) is 16.7. The van der Waals surface area contributed by atoms with Crippen molar-refractivity contribution in [3.05, 3.63) is 78.0 Å². The minimum atomic E-state index is -3.70. The molecule has 0 atom stereocenters. The Balaban J connectivity index is 2.03. The van der Waals surface area contributed by atoms with E-state index in [4.69, 9.17) is 0 Å². The molecule has 25 heavy (non-hydrogen) atoms. The van der Waals surface area contributed by atoms with Gasteiger partial charge in [-0.05, 0) is 48.9 Å². The second kappa shape index (κ2) is 6.57. The number of benzene rings is 2. The van der Waals surface area contributed by atoms with Crippen molar-refractivity contribution in [1.82, 2.24) is 3.97 Å². The van der Waals surface area contributed by atoms with Crippen LogP contribution in [-0.2, 0) is 14.8 Å². The van der Waals surface area contributed by atoms with Crippen LogP contribution in [0.4, 0.5) is 0 Å². The third kappa shape index (κ3) is 3.21. The number of esters is 1. The predicted molar refractivity (Wildman–Crippen MR) is 95.0 cm³/mol. The lowest BCUT2D eigenvalue weighted by Gasteiger charge is -2.11. The molecule has 0 saturated heterocycles. The highest BCUT2D eigenvalue weighted by atomic mass is 32.2. The second-order valence-electron chi connectivity index (χ2n) is 5.58. The van der Waals surface area contributed by atoms with Gasteiger partial charge in [-0.1, -0.05) is 29.8 Å². The maximum Gasteiger partial charge on any atom is 0.337 e. The largest absolute Gasteiger partial charge is 0.465 e. The molecular weight excluding hydrogens is 338 g/mol. The Hall–Kier alpha value is -2.86. The molecule has 0 aliphatic heterocycles. The number of hydrogen-bond acceptors (Lipinski definition) is 4. The summed E-state index contributed by atoms with van der Waals surface area (Å²) in [6.07, 6.45) is 1.51. The summed E-state index contributed by atoms with van der Waals surface area (Å²) in [5.41, 5.74) is 2.61. The summed E-state index contributed by atoms with van der Waals surface area (Å²) in [5.74, 6) is -0.436. The number of methoxy groups -OCH3 is 1.